The van der Waals surface area contributed by atoms with Crippen LogP contribution in [0.25, 0.3) is 0 Å². The predicted molar refractivity (Wildman–Crippen MR) is 138 cm³/mol. The molecule has 0 aliphatic heterocycles. The molecule has 2 aromatic carbocycles. The van der Waals surface area contributed by atoms with Crippen molar-refractivity contribution in [3.63, 3.8) is 0 Å². The number of benzene rings is 2. The van der Waals surface area contributed by atoms with Gasteiger partial charge in [0.05, 0.1) is 5.92 Å². The van der Waals surface area contributed by atoms with Gasteiger partial charge in [-0.05, 0) is 88.6 Å². The third-order valence-corrected chi connectivity index (χ3v) is 7.34. The Balaban J connectivity index is 1.81. The maximum absolute atomic E-state index is 15.0. The molecule has 34 heavy (non-hydrogen) atoms. The summed E-state index contributed by atoms with van der Waals surface area (Å²) in [5, 5.41) is 3.08. The summed E-state index contributed by atoms with van der Waals surface area (Å²) in [6.07, 6.45) is 4.75. The lowest BCUT2D eigenvalue weighted by Crippen LogP contribution is -2.28. The van der Waals surface area contributed by atoms with Crippen molar-refractivity contribution >= 4 is 33.5 Å². The molecule has 184 valence electrons. The Morgan fingerprint density at radius 3 is 2.50 bits per heavy atom. The van der Waals surface area contributed by atoms with Crippen LogP contribution in [0.15, 0.2) is 34.8 Å². The number of hydrogen-bond donors (Lipinski definition) is 1. The van der Waals surface area contributed by atoms with E-state index in [1.54, 1.807) is 6.07 Å². The number of nitrogens with one attached hydrogen (secondary N) is 1. The van der Waals surface area contributed by atoms with Gasteiger partial charge >= 0.3 is 5.97 Å². The van der Waals surface area contributed by atoms with Gasteiger partial charge in [0.2, 0.25) is 5.91 Å². The van der Waals surface area contributed by atoms with Gasteiger partial charge in [0.25, 0.3) is 0 Å². The molecule has 0 bridgehead atoms. The normalized spacial score (nSPS) is 15.3. The van der Waals surface area contributed by atoms with Crippen LogP contribution in [0.2, 0.25) is 0 Å². The zero-order valence-corrected chi connectivity index (χ0v) is 22.4. The fraction of sp³-hybridized carbons (Fsp3) is 0.500. The first-order chi connectivity index (χ1) is 16.0. The zero-order valence-electron chi connectivity index (χ0n) is 20.8. The van der Waals surface area contributed by atoms with E-state index in [9.17, 15) is 9.59 Å². The Labute approximate surface area is 210 Å². The lowest BCUT2D eigenvalue weighted by molar-refractivity contribution is -0.154. The van der Waals surface area contributed by atoms with Gasteiger partial charge < -0.3 is 10.1 Å². The monoisotopic (exact) mass is 531 g/mol. The highest BCUT2D eigenvalue weighted by atomic mass is 79.9. The van der Waals surface area contributed by atoms with E-state index < -0.39 is 11.5 Å². The summed E-state index contributed by atoms with van der Waals surface area (Å²) in [6.45, 7) is 9.40. The molecule has 1 aliphatic carbocycles. The molecule has 2 aromatic rings. The van der Waals surface area contributed by atoms with E-state index in [4.69, 9.17) is 4.74 Å². The SMILES string of the molecule is Cc1cc([C@H](C(=O)Nc2cccc(CCC(=O)OC(C)(C)C)c2C)C2CCCC2)c(F)cc1Br. The third kappa shape index (κ3) is 6.68. The fourth-order valence-electron chi connectivity index (χ4n) is 4.75. The Morgan fingerprint density at radius 2 is 1.85 bits per heavy atom. The molecule has 1 aliphatic rings. The molecule has 6 heteroatoms. The van der Waals surface area contributed by atoms with Crippen LogP contribution in [0, 0.1) is 25.6 Å². The Bertz CT molecular complexity index is 1050. The average Bonchev–Trinajstić information content (AvgIpc) is 3.25. The van der Waals surface area contributed by atoms with Gasteiger partial charge in [-0.25, -0.2) is 4.39 Å². The Hall–Kier alpha value is -2.21. The van der Waals surface area contributed by atoms with Crippen LogP contribution < -0.4 is 5.32 Å². The highest BCUT2D eigenvalue weighted by Gasteiger charge is 2.34. The lowest BCUT2D eigenvalue weighted by atomic mass is 9.83. The Morgan fingerprint density at radius 1 is 1.18 bits per heavy atom. The first-order valence-corrected chi connectivity index (χ1v) is 12.8. The molecule has 0 unspecified atom stereocenters. The topological polar surface area (TPSA) is 55.4 Å². The van der Waals surface area contributed by atoms with E-state index in [0.29, 0.717) is 22.1 Å². The largest absolute Gasteiger partial charge is 0.460 e. The van der Waals surface area contributed by atoms with Crippen molar-refractivity contribution in [3.8, 4) is 0 Å². The number of esters is 1. The molecule has 3 rings (SSSR count). The number of ether oxygens (including phenoxy) is 1. The molecular weight excluding hydrogens is 497 g/mol. The quantitative estimate of drug-likeness (QED) is 0.379. The van der Waals surface area contributed by atoms with Crippen molar-refractivity contribution in [3.05, 3.63) is 62.9 Å². The van der Waals surface area contributed by atoms with Crippen molar-refractivity contribution in [2.75, 3.05) is 5.32 Å². The second-order valence-electron chi connectivity index (χ2n) is 10.3. The molecule has 0 radical (unpaired) electrons. The van der Waals surface area contributed by atoms with Crippen molar-refractivity contribution in [2.45, 2.75) is 84.7 Å². The van der Waals surface area contributed by atoms with Crippen LogP contribution in [-0.4, -0.2) is 17.5 Å². The summed E-state index contributed by atoms with van der Waals surface area (Å²) in [4.78, 5) is 25.7. The third-order valence-electron chi connectivity index (χ3n) is 6.49. The maximum atomic E-state index is 15.0. The second-order valence-corrected chi connectivity index (χ2v) is 11.2. The molecule has 1 saturated carbocycles. The first kappa shape index (κ1) is 26.4. The van der Waals surface area contributed by atoms with Gasteiger partial charge in [-0.3, -0.25) is 9.59 Å². The number of halogens is 2. The number of carbonyl (C=O) groups excluding carboxylic acids is 2. The average molecular weight is 532 g/mol. The van der Waals surface area contributed by atoms with Gasteiger partial charge in [-0.1, -0.05) is 47.0 Å². The molecule has 1 atom stereocenters. The molecule has 0 spiro atoms. The van der Waals surface area contributed by atoms with Crippen LogP contribution in [0.5, 0.6) is 0 Å². The smallest absolute Gasteiger partial charge is 0.306 e. The minimum atomic E-state index is -0.542. The van der Waals surface area contributed by atoms with E-state index in [1.807, 2.05) is 52.8 Å². The van der Waals surface area contributed by atoms with Crippen molar-refractivity contribution in [1.82, 2.24) is 0 Å². The molecule has 1 amide bonds. The fourth-order valence-corrected chi connectivity index (χ4v) is 5.06. The van der Waals surface area contributed by atoms with Gasteiger partial charge in [0.1, 0.15) is 11.4 Å². The maximum Gasteiger partial charge on any atom is 0.306 e. The van der Waals surface area contributed by atoms with E-state index in [1.165, 1.54) is 6.07 Å². The predicted octanol–water partition coefficient (Wildman–Crippen LogP) is 7.39. The molecule has 1 N–H and O–H groups in total. The molecule has 1 fully saturated rings. The van der Waals surface area contributed by atoms with Gasteiger partial charge in [-0.15, -0.1) is 0 Å². The number of carbonyl (C=O) groups is 2. The highest BCUT2D eigenvalue weighted by molar-refractivity contribution is 9.10. The van der Waals surface area contributed by atoms with Gasteiger partial charge in [-0.2, -0.15) is 0 Å². The summed E-state index contributed by atoms with van der Waals surface area (Å²) in [7, 11) is 0. The molecule has 0 heterocycles. The summed E-state index contributed by atoms with van der Waals surface area (Å²) in [5.74, 6) is -1.21. The van der Waals surface area contributed by atoms with Gasteiger partial charge in [0, 0.05) is 22.1 Å². The van der Waals surface area contributed by atoms with Crippen molar-refractivity contribution in [1.29, 1.82) is 0 Å². The van der Waals surface area contributed by atoms with Crippen molar-refractivity contribution < 1.29 is 18.7 Å². The molecule has 4 nitrogen and oxygen atoms in total. The number of amides is 1. The summed E-state index contributed by atoms with van der Waals surface area (Å²) >= 11 is 3.39. The Kier molecular flexibility index (Phi) is 8.56. The molecule has 0 aromatic heterocycles. The second kappa shape index (κ2) is 11.0. The van der Waals surface area contributed by atoms with Crippen molar-refractivity contribution in [2.24, 2.45) is 5.92 Å². The minimum Gasteiger partial charge on any atom is -0.460 e. The first-order valence-electron chi connectivity index (χ1n) is 12.0. The van der Waals surface area contributed by atoms with Crippen LogP contribution in [0.3, 0.4) is 0 Å². The minimum absolute atomic E-state index is 0.116. The summed E-state index contributed by atoms with van der Waals surface area (Å²) < 4.78 is 21.1. The van der Waals surface area contributed by atoms with E-state index in [-0.39, 0.29) is 30.0 Å². The van der Waals surface area contributed by atoms with Gasteiger partial charge in [0.15, 0.2) is 0 Å². The number of anilines is 1. The summed E-state index contributed by atoms with van der Waals surface area (Å²) in [5.41, 5.74) is 3.45. The molecular formula is C28H35BrFNO3. The number of aryl methyl sites for hydroxylation is 2. The van der Waals surface area contributed by atoms with Crippen LogP contribution >= 0.6 is 15.9 Å². The van der Waals surface area contributed by atoms with Crippen LogP contribution in [0.1, 0.15) is 81.0 Å². The highest BCUT2D eigenvalue weighted by Crippen LogP contribution is 2.40. The standard InChI is InChI=1S/C28H35BrFNO3/c1-17-15-21(23(30)16-22(17)29)26(20-9-6-7-10-20)27(33)31-24-12-8-11-19(18(24)2)13-14-25(32)34-28(3,4)5/h8,11-12,15-16,20,26H,6-7,9-10,13-14H2,1-5H3,(H,31,33)/t26-/m1/s1. The zero-order chi connectivity index (χ0) is 25.0. The van der Waals surface area contributed by atoms with Crippen LogP contribution in [-0.2, 0) is 20.7 Å². The van der Waals surface area contributed by atoms with E-state index in [2.05, 4.69) is 21.2 Å². The lowest BCUT2D eigenvalue weighted by Gasteiger charge is -2.25. The van der Waals surface area contributed by atoms with E-state index in [0.717, 1.165) is 42.4 Å². The number of hydrogen-bond acceptors (Lipinski definition) is 3. The molecule has 0 saturated heterocycles. The number of rotatable bonds is 7. The summed E-state index contributed by atoms with van der Waals surface area (Å²) in [6, 6.07) is 8.96. The van der Waals surface area contributed by atoms with Crippen LogP contribution in [0.4, 0.5) is 10.1 Å². The van der Waals surface area contributed by atoms with E-state index >= 15 is 4.39 Å².